The quantitative estimate of drug-likeness (QED) is 0.306. The van der Waals surface area contributed by atoms with E-state index in [1.54, 1.807) is 24.3 Å². The molecular formula is C26H24N2O4S. The SMILES string of the molecule is CSCC[C@@H](C(=O)N(O)C(c1ccccc1)c1ccccc1)N1C(=O)c2ccccc2C1=O. The molecule has 1 N–H and O–H groups in total. The molecule has 3 aromatic carbocycles. The van der Waals surface area contributed by atoms with Gasteiger partial charge in [-0.3, -0.25) is 24.5 Å². The number of hydrogen-bond acceptors (Lipinski definition) is 5. The second-order valence-corrected chi connectivity index (χ2v) is 8.72. The molecule has 4 rings (SSSR count). The molecule has 0 aliphatic carbocycles. The van der Waals surface area contributed by atoms with E-state index < -0.39 is 29.8 Å². The van der Waals surface area contributed by atoms with Crippen LogP contribution in [0.2, 0.25) is 0 Å². The second kappa shape index (κ2) is 10.0. The lowest BCUT2D eigenvalue weighted by Gasteiger charge is -2.33. The van der Waals surface area contributed by atoms with E-state index in [4.69, 9.17) is 0 Å². The fourth-order valence-corrected chi connectivity index (χ4v) is 4.57. The fraction of sp³-hybridized carbons (Fsp3) is 0.192. The third-order valence-electron chi connectivity index (χ3n) is 5.72. The number of nitrogens with zero attached hydrogens (tertiary/aromatic N) is 2. The van der Waals surface area contributed by atoms with Crippen LogP contribution >= 0.6 is 11.8 Å². The van der Waals surface area contributed by atoms with Crippen molar-refractivity contribution in [2.75, 3.05) is 12.0 Å². The van der Waals surface area contributed by atoms with Crippen LogP contribution < -0.4 is 0 Å². The highest BCUT2D eigenvalue weighted by molar-refractivity contribution is 7.98. The first-order valence-corrected chi connectivity index (χ1v) is 12.0. The Morgan fingerprint density at radius 2 is 1.30 bits per heavy atom. The Bertz CT molecular complexity index is 1080. The summed E-state index contributed by atoms with van der Waals surface area (Å²) in [6, 6.07) is 23.0. The number of hydrogen-bond donors (Lipinski definition) is 1. The van der Waals surface area contributed by atoms with Gasteiger partial charge in [-0.1, -0.05) is 72.8 Å². The van der Waals surface area contributed by atoms with Crippen molar-refractivity contribution in [2.24, 2.45) is 0 Å². The molecule has 0 saturated heterocycles. The number of thioether (sulfide) groups is 1. The molecule has 1 aliphatic rings. The summed E-state index contributed by atoms with van der Waals surface area (Å²) in [4.78, 5) is 40.9. The number of benzene rings is 3. The Morgan fingerprint density at radius 1 is 0.848 bits per heavy atom. The highest BCUT2D eigenvalue weighted by Gasteiger charge is 2.44. The molecule has 0 radical (unpaired) electrons. The van der Waals surface area contributed by atoms with Gasteiger partial charge in [0.15, 0.2) is 0 Å². The van der Waals surface area contributed by atoms with Crippen LogP contribution in [0.3, 0.4) is 0 Å². The van der Waals surface area contributed by atoms with Gasteiger partial charge in [-0.2, -0.15) is 11.8 Å². The second-order valence-electron chi connectivity index (χ2n) is 7.73. The van der Waals surface area contributed by atoms with Gasteiger partial charge in [0.2, 0.25) is 0 Å². The van der Waals surface area contributed by atoms with Gasteiger partial charge in [0.25, 0.3) is 17.7 Å². The summed E-state index contributed by atoms with van der Waals surface area (Å²) in [6.07, 6.45) is 2.12. The predicted octanol–water partition coefficient (Wildman–Crippen LogP) is 4.41. The zero-order chi connectivity index (χ0) is 23.4. The largest absolute Gasteiger partial charge is 0.285 e. The van der Waals surface area contributed by atoms with Crippen molar-refractivity contribution >= 4 is 29.5 Å². The molecule has 0 spiro atoms. The summed E-state index contributed by atoms with van der Waals surface area (Å²) in [5.74, 6) is -1.19. The standard InChI is InChI=1S/C26H24N2O4S/c1-33-17-16-22(27-24(29)20-14-8-9-15-21(20)25(27)30)26(31)28(32)23(18-10-4-2-5-11-18)19-12-6-3-7-13-19/h2-15,22-23,32H,16-17H2,1H3/t22-/m0/s1. The molecule has 1 heterocycles. The minimum absolute atomic E-state index is 0.235. The first kappa shape index (κ1) is 22.8. The maximum atomic E-state index is 13.7. The Kier molecular flexibility index (Phi) is 6.91. The smallest absolute Gasteiger partial charge is 0.270 e. The minimum atomic E-state index is -1.12. The average Bonchev–Trinajstić information content (AvgIpc) is 3.11. The molecule has 3 amide bonds. The average molecular weight is 461 g/mol. The summed E-state index contributed by atoms with van der Waals surface area (Å²) in [5, 5.41) is 11.9. The molecule has 33 heavy (non-hydrogen) atoms. The monoisotopic (exact) mass is 460 g/mol. The summed E-state index contributed by atoms with van der Waals surface area (Å²) in [7, 11) is 0. The van der Waals surface area contributed by atoms with Crippen LogP contribution in [0.25, 0.3) is 0 Å². The van der Waals surface area contributed by atoms with Crippen LogP contribution in [0.1, 0.15) is 44.3 Å². The summed E-state index contributed by atoms with van der Waals surface area (Å²) in [6.45, 7) is 0. The number of hydroxylamine groups is 2. The highest BCUT2D eigenvalue weighted by atomic mass is 32.2. The van der Waals surface area contributed by atoms with Crippen LogP contribution in [0.15, 0.2) is 84.9 Å². The maximum Gasteiger partial charge on any atom is 0.270 e. The maximum absolute atomic E-state index is 13.7. The topological polar surface area (TPSA) is 77.9 Å². The lowest BCUT2D eigenvalue weighted by atomic mass is 9.97. The fourth-order valence-electron chi connectivity index (χ4n) is 4.11. The van der Waals surface area contributed by atoms with E-state index in [1.807, 2.05) is 66.9 Å². The number of carbonyl (C=O) groups is 3. The van der Waals surface area contributed by atoms with Crippen molar-refractivity contribution < 1.29 is 19.6 Å². The number of rotatable bonds is 8. The number of amides is 3. The van der Waals surface area contributed by atoms with Crippen LogP contribution in [0.4, 0.5) is 0 Å². The highest BCUT2D eigenvalue weighted by Crippen LogP contribution is 2.31. The van der Waals surface area contributed by atoms with Crippen molar-refractivity contribution in [3.63, 3.8) is 0 Å². The molecule has 0 fully saturated rings. The third kappa shape index (κ3) is 4.42. The van der Waals surface area contributed by atoms with E-state index in [1.165, 1.54) is 11.8 Å². The zero-order valence-electron chi connectivity index (χ0n) is 18.1. The molecule has 6 nitrogen and oxygen atoms in total. The van der Waals surface area contributed by atoms with Crippen LogP contribution in [0.5, 0.6) is 0 Å². The molecule has 168 valence electrons. The Balaban J connectivity index is 1.71. The van der Waals surface area contributed by atoms with Crippen molar-refractivity contribution in [1.82, 2.24) is 9.96 Å². The first-order valence-electron chi connectivity index (χ1n) is 10.6. The molecule has 0 unspecified atom stereocenters. The van der Waals surface area contributed by atoms with E-state index >= 15 is 0 Å². The third-order valence-corrected chi connectivity index (χ3v) is 6.36. The van der Waals surface area contributed by atoms with Crippen molar-refractivity contribution in [3.8, 4) is 0 Å². The van der Waals surface area contributed by atoms with Crippen molar-refractivity contribution in [2.45, 2.75) is 18.5 Å². The van der Waals surface area contributed by atoms with Crippen molar-refractivity contribution in [3.05, 3.63) is 107 Å². The molecule has 7 heteroatoms. The molecule has 1 atom stereocenters. The molecule has 1 aliphatic heterocycles. The van der Waals surface area contributed by atoms with Crippen LogP contribution in [0, 0.1) is 0 Å². The normalized spacial score (nSPS) is 13.8. The van der Waals surface area contributed by atoms with Gasteiger partial charge < -0.3 is 0 Å². The van der Waals surface area contributed by atoms with Gasteiger partial charge in [-0.05, 0) is 41.7 Å². The molecule has 0 bridgehead atoms. The lowest BCUT2D eigenvalue weighted by molar-refractivity contribution is -0.177. The van der Waals surface area contributed by atoms with Gasteiger partial charge in [-0.15, -0.1) is 0 Å². The van der Waals surface area contributed by atoms with Gasteiger partial charge in [-0.25, -0.2) is 5.06 Å². The zero-order valence-corrected chi connectivity index (χ0v) is 18.9. The van der Waals surface area contributed by atoms with Gasteiger partial charge >= 0.3 is 0 Å². The Hall–Kier alpha value is -3.42. The lowest BCUT2D eigenvalue weighted by Crippen LogP contribution is -2.51. The summed E-state index contributed by atoms with van der Waals surface area (Å²) in [5.41, 5.74) is 1.98. The molecule has 0 aromatic heterocycles. The Morgan fingerprint density at radius 3 is 1.76 bits per heavy atom. The first-order chi connectivity index (χ1) is 16.0. The van der Waals surface area contributed by atoms with Gasteiger partial charge in [0, 0.05) is 0 Å². The molecule has 0 saturated carbocycles. The molecular weight excluding hydrogens is 436 g/mol. The van der Waals surface area contributed by atoms with E-state index in [0.29, 0.717) is 21.9 Å². The minimum Gasteiger partial charge on any atom is -0.285 e. The van der Waals surface area contributed by atoms with Crippen molar-refractivity contribution in [1.29, 1.82) is 0 Å². The van der Waals surface area contributed by atoms with Gasteiger partial charge in [0.1, 0.15) is 12.1 Å². The van der Waals surface area contributed by atoms with E-state index in [0.717, 1.165) is 4.90 Å². The Labute approximate surface area is 196 Å². The summed E-state index contributed by atoms with van der Waals surface area (Å²) < 4.78 is 0. The summed E-state index contributed by atoms with van der Waals surface area (Å²) >= 11 is 1.50. The number of carbonyl (C=O) groups excluding carboxylic acids is 3. The predicted molar refractivity (Wildman–Crippen MR) is 127 cm³/mol. The van der Waals surface area contributed by atoms with E-state index in [2.05, 4.69) is 0 Å². The number of imide groups is 1. The van der Waals surface area contributed by atoms with E-state index in [-0.39, 0.29) is 17.5 Å². The number of fused-ring (bicyclic) bond motifs is 1. The van der Waals surface area contributed by atoms with Gasteiger partial charge in [0.05, 0.1) is 11.1 Å². The van der Waals surface area contributed by atoms with Crippen LogP contribution in [-0.2, 0) is 4.79 Å². The molecule has 3 aromatic rings. The van der Waals surface area contributed by atoms with Crippen LogP contribution in [-0.4, -0.2) is 50.9 Å². The van der Waals surface area contributed by atoms with E-state index in [9.17, 15) is 19.6 Å².